The first kappa shape index (κ1) is 11.5. The lowest BCUT2D eigenvalue weighted by molar-refractivity contribution is -0.110. The van der Waals surface area contributed by atoms with Crippen molar-refractivity contribution in [2.75, 3.05) is 12.4 Å². The van der Waals surface area contributed by atoms with Crippen molar-refractivity contribution in [2.45, 2.75) is 0 Å². The van der Waals surface area contributed by atoms with Gasteiger partial charge in [-0.15, -0.1) is 0 Å². The van der Waals surface area contributed by atoms with Gasteiger partial charge in [0, 0.05) is 29.2 Å². The summed E-state index contributed by atoms with van der Waals surface area (Å²) in [5, 5.41) is 2.84. The van der Waals surface area contributed by atoms with Gasteiger partial charge in [-0.3, -0.25) is 9.78 Å². The number of ether oxygens (including phenoxy) is 1. The van der Waals surface area contributed by atoms with Crippen LogP contribution in [0.25, 0.3) is 11.6 Å². The van der Waals surface area contributed by atoms with Crippen LogP contribution in [0, 0.1) is 0 Å². The van der Waals surface area contributed by atoms with Crippen LogP contribution in [0.2, 0.25) is 0 Å². The zero-order valence-electron chi connectivity index (χ0n) is 10.4. The van der Waals surface area contributed by atoms with Gasteiger partial charge in [-0.05, 0) is 42.0 Å². The normalized spacial score (nSPS) is 15.2. The van der Waals surface area contributed by atoms with Crippen LogP contribution in [-0.4, -0.2) is 18.0 Å². The van der Waals surface area contributed by atoms with Gasteiger partial charge < -0.3 is 10.1 Å². The molecule has 19 heavy (non-hydrogen) atoms. The van der Waals surface area contributed by atoms with Crippen molar-refractivity contribution in [2.24, 2.45) is 0 Å². The van der Waals surface area contributed by atoms with Crippen LogP contribution < -0.4 is 10.1 Å². The predicted octanol–water partition coefficient (Wildman–Crippen LogP) is 2.58. The summed E-state index contributed by atoms with van der Waals surface area (Å²) in [5.41, 5.74) is 3.25. The summed E-state index contributed by atoms with van der Waals surface area (Å²) in [7, 11) is 1.61. The smallest absolute Gasteiger partial charge is 0.256 e. The van der Waals surface area contributed by atoms with E-state index in [2.05, 4.69) is 10.3 Å². The van der Waals surface area contributed by atoms with Crippen molar-refractivity contribution in [3.63, 3.8) is 0 Å². The first-order valence-corrected chi connectivity index (χ1v) is 5.89. The van der Waals surface area contributed by atoms with Crippen LogP contribution >= 0.6 is 0 Å². The molecule has 0 fully saturated rings. The van der Waals surface area contributed by atoms with Gasteiger partial charge in [-0.25, -0.2) is 0 Å². The van der Waals surface area contributed by atoms with E-state index in [1.54, 1.807) is 19.5 Å². The Bertz CT molecular complexity index is 663. The highest BCUT2D eigenvalue weighted by Crippen LogP contribution is 2.35. The van der Waals surface area contributed by atoms with E-state index >= 15 is 0 Å². The van der Waals surface area contributed by atoms with E-state index in [0.717, 1.165) is 22.6 Å². The molecule has 1 aromatic carbocycles. The molecule has 2 aromatic rings. The van der Waals surface area contributed by atoms with E-state index in [1.807, 2.05) is 36.4 Å². The fourth-order valence-electron chi connectivity index (χ4n) is 2.06. The molecule has 1 N–H and O–H groups in total. The maximum Gasteiger partial charge on any atom is 0.256 e. The minimum atomic E-state index is -0.0972. The van der Waals surface area contributed by atoms with Crippen LogP contribution in [0.1, 0.15) is 11.1 Å². The van der Waals surface area contributed by atoms with Crippen molar-refractivity contribution in [1.82, 2.24) is 4.98 Å². The van der Waals surface area contributed by atoms with Crippen molar-refractivity contribution >= 4 is 23.2 Å². The van der Waals surface area contributed by atoms with Crippen LogP contribution in [0.5, 0.6) is 5.75 Å². The average molecular weight is 252 g/mol. The van der Waals surface area contributed by atoms with Gasteiger partial charge in [0.05, 0.1) is 7.11 Å². The minimum absolute atomic E-state index is 0.0972. The van der Waals surface area contributed by atoms with Crippen LogP contribution in [-0.2, 0) is 4.79 Å². The summed E-state index contributed by atoms with van der Waals surface area (Å²) >= 11 is 0. The lowest BCUT2D eigenvalue weighted by Gasteiger charge is -2.03. The topological polar surface area (TPSA) is 51.2 Å². The number of benzene rings is 1. The fourth-order valence-corrected chi connectivity index (χ4v) is 2.06. The number of aromatic nitrogens is 1. The largest absolute Gasteiger partial charge is 0.497 e. The quantitative estimate of drug-likeness (QED) is 0.836. The Hall–Kier alpha value is -2.62. The number of fused-ring (bicyclic) bond motifs is 1. The fraction of sp³-hybridized carbons (Fsp3) is 0.0667. The van der Waals surface area contributed by atoms with Gasteiger partial charge in [0.25, 0.3) is 5.91 Å². The Morgan fingerprint density at radius 2 is 2.00 bits per heavy atom. The average Bonchev–Trinajstić information content (AvgIpc) is 2.76. The molecule has 0 unspecified atom stereocenters. The number of anilines is 1. The van der Waals surface area contributed by atoms with E-state index < -0.39 is 0 Å². The maximum atomic E-state index is 12.0. The second-order valence-corrected chi connectivity index (χ2v) is 4.20. The zero-order chi connectivity index (χ0) is 13.2. The van der Waals surface area contributed by atoms with E-state index in [-0.39, 0.29) is 5.91 Å². The molecule has 0 radical (unpaired) electrons. The Morgan fingerprint density at radius 3 is 2.74 bits per heavy atom. The molecular formula is C15H12N2O2. The summed E-state index contributed by atoms with van der Waals surface area (Å²) in [4.78, 5) is 16.0. The van der Waals surface area contributed by atoms with Crippen LogP contribution in [0.4, 0.5) is 5.69 Å². The molecule has 0 bridgehead atoms. The highest BCUT2D eigenvalue weighted by atomic mass is 16.5. The van der Waals surface area contributed by atoms with Gasteiger partial charge in [0.1, 0.15) is 5.75 Å². The van der Waals surface area contributed by atoms with E-state index in [4.69, 9.17) is 4.74 Å². The number of pyridine rings is 1. The van der Waals surface area contributed by atoms with E-state index in [9.17, 15) is 4.79 Å². The minimum Gasteiger partial charge on any atom is -0.497 e. The SMILES string of the molecule is COc1ccc2c(c1)/C(=C\c1ccncc1)C(=O)N2. The molecule has 2 heterocycles. The summed E-state index contributed by atoms with van der Waals surface area (Å²) in [5.74, 6) is 0.635. The first-order valence-electron chi connectivity index (χ1n) is 5.89. The molecule has 1 aromatic heterocycles. The number of carbonyl (C=O) groups excluding carboxylic acids is 1. The number of hydrogen-bond acceptors (Lipinski definition) is 3. The van der Waals surface area contributed by atoms with Crippen molar-refractivity contribution in [3.8, 4) is 5.75 Å². The number of hydrogen-bond donors (Lipinski definition) is 1. The predicted molar refractivity (Wildman–Crippen MR) is 73.7 cm³/mol. The van der Waals surface area contributed by atoms with E-state index in [0.29, 0.717) is 5.57 Å². The van der Waals surface area contributed by atoms with Crippen molar-refractivity contribution in [3.05, 3.63) is 53.9 Å². The standard InChI is InChI=1S/C15H12N2O2/c1-19-11-2-3-14-12(9-11)13(15(18)17-14)8-10-4-6-16-7-5-10/h2-9H,1H3,(H,17,18)/b13-8+. The first-order chi connectivity index (χ1) is 9.28. The Kier molecular flexibility index (Phi) is 2.76. The molecule has 4 nitrogen and oxygen atoms in total. The maximum absolute atomic E-state index is 12.0. The molecule has 4 heteroatoms. The lowest BCUT2D eigenvalue weighted by Crippen LogP contribution is -2.03. The van der Waals surface area contributed by atoms with Crippen LogP contribution in [0.15, 0.2) is 42.7 Å². The summed E-state index contributed by atoms with van der Waals surface area (Å²) in [6.07, 6.45) is 5.25. The third kappa shape index (κ3) is 2.08. The number of methoxy groups -OCH3 is 1. The van der Waals surface area contributed by atoms with Crippen molar-refractivity contribution in [1.29, 1.82) is 0 Å². The van der Waals surface area contributed by atoms with E-state index in [1.165, 1.54) is 0 Å². The third-order valence-corrected chi connectivity index (χ3v) is 3.03. The molecule has 0 spiro atoms. The molecular weight excluding hydrogens is 240 g/mol. The highest BCUT2D eigenvalue weighted by Gasteiger charge is 2.24. The van der Waals surface area contributed by atoms with Gasteiger partial charge >= 0.3 is 0 Å². The molecule has 0 saturated carbocycles. The van der Waals surface area contributed by atoms with Gasteiger partial charge in [-0.2, -0.15) is 0 Å². The summed E-state index contributed by atoms with van der Waals surface area (Å²) < 4.78 is 5.20. The third-order valence-electron chi connectivity index (χ3n) is 3.03. The second kappa shape index (κ2) is 4.57. The number of nitrogens with zero attached hydrogens (tertiary/aromatic N) is 1. The van der Waals surface area contributed by atoms with Gasteiger partial charge in [0.2, 0.25) is 0 Å². The molecule has 0 saturated heterocycles. The molecule has 0 aliphatic carbocycles. The number of carbonyl (C=O) groups is 1. The Balaban J connectivity index is 2.09. The molecule has 1 aliphatic rings. The second-order valence-electron chi connectivity index (χ2n) is 4.20. The molecule has 1 amide bonds. The highest BCUT2D eigenvalue weighted by molar-refractivity contribution is 6.35. The van der Waals surface area contributed by atoms with Crippen LogP contribution in [0.3, 0.4) is 0 Å². The zero-order valence-corrected chi connectivity index (χ0v) is 10.4. The molecule has 94 valence electrons. The molecule has 3 rings (SSSR count). The van der Waals surface area contributed by atoms with Gasteiger partial charge in [0.15, 0.2) is 0 Å². The number of rotatable bonds is 2. The van der Waals surface area contributed by atoms with Crippen molar-refractivity contribution < 1.29 is 9.53 Å². The lowest BCUT2D eigenvalue weighted by atomic mass is 10.0. The Morgan fingerprint density at radius 1 is 1.21 bits per heavy atom. The molecule has 1 aliphatic heterocycles. The number of amides is 1. The summed E-state index contributed by atoms with van der Waals surface area (Å²) in [6.45, 7) is 0. The Labute approximate surface area is 110 Å². The monoisotopic (exact) mass is 252 g/mol. The summed E-state index contributed by atoms with van der Waals surface area (Å²) in [6, 6.07) is 9.26. The molecule has 0 atom stereocenters. The number of nitrogens with one attached hydrogen (secondary N) is 1. The van der Waals surface area contributed by atoms with Gasteiger partial charge in [-0.1, -0.05) is 0 Å².